The molecule has 4 aromatic rings. The van der Waals surface area contributed by atoms with Crippen molar-refractivity contribution in [3.05, 3.63) is 107 Å². The van der Waals surface area contributed by atoms with Gasteiger partial charge in [0.05, 0.1) is 14.2 Å². The zero-order valence-electron chi connectivity index (χ0n) is 17.8. The first kappa shape index (κ1) is 18.6. The highest BCUT2D eigenvalue weighted by Gasteiger charge is 2.27. The predicted octanol–water partition coefficient (Wildman–Crippen LogP) is 5.95. The van der Waals surface area contributed by atoms with Crippen LogP contribution in [0.3, 0.4) is 0 Å². The van der Waals surface area contributed by atoms with E-state index >= 15 is 0 Å². The number of fused-ring (bicyclic) bond motifs is 6. The quantitative estimate of drug-likeness (QED) is 0.334. The number of benzene rings is 4. The van der Waals surface area contributed by atoms with E-state index in [4.69, 9.17) is 19.7 Å². The van der Waals surface area contributed by atoms with E-state index in [0.717, 1.165) is 67.4 Å². The van der Waals surface area contributed by atoms with Crippen LogP contribution >= 0.6 is 0 Å². The highest BCUT2D eigenvalue weighted by atomic mass is 16.5. The van der Waals surface area contributed by atoms with Crippen LogP contribution < -0.4 is 9.47 Å². The Hall–Kier alpha value is -4.18. The van der Waals surface area contributed by atoms with Crippen LogP contribution in [0.15, 0.2) is 95.1 Å². The molecular formula is C28H20N2O2. The molecule has 0 bridgehead atoms. The van der Waals surface area contributed by atoms with Gasteiger partial charge in [-0.15, -0.1) is 10.2 Å². The van der Waals surface area contributed by atoms with Crippen molar-refractivity contribution in [2.24, 2.45) is 10.2 Å². The van der Waals surface area contributed by atoms with Gasteiger partial charge in [0.2, 0.25) is 0 Å². The average Bonchev–Trinajstić information content (AvgIpc) is 3.34. The second kappa shape index (κ2) is 7.20. The molecule has 2 aliphatic rings. The maximum atomic E-state index is 5.45. The molecule has 2 aliphatic carbocycles. The van der Waals surface area contributed by atoms with Crippen molar-refractivity contribution in [3.63, 3.8) is 0 Å². The molecule has 0 atom stereocenters. The van der Waals surface area contributed by atoms with Crippen LogP contribution in [0.5, 0.6) is 11.5 Å². The highest BCUT2D eigenvalue weighted by Crippen LogP contribution is 2.41. The molecule has 0 heterocycles. The van der Waals surface area contributed by atoms with E-state index in [1.54, 1.807) is 14.2 Å². The number of rotatable bonds is 3. The number of ether oxygens (including phenoxy) is 2. The molecule has 4 aromatic carbocycles. The van der Waals surface area contributed by atoms with Crippen LogP contribution in [0.4, 0.5) is 0 Å². The van der Waals surface area contributed by atoms with Crippen LogP contribution in [0, 0.1) is 0 Å². The van der Waals surface area contributed by atoms with Crippen LogP contribution in [-0.4, -0.2) is 25.6 Å². The van der Waals surface area contributed by atoms with Gasteiger partial charge in [-0.2, -0.15) is 0 Å². The van der Waals surface area contributed by atoms with Gasteiger partial charge in [-0.25, -0.2) is 0 Å². The zero-order chi connectivity index (χ0) is 21.7. The van der Waals surface area contributed by atoms with Gasteiger partial charge in [-0.3, -0.25) is 0 Å². The molecule has 0 amide bonds. The fourth-order valence-electron chi connectivity index (χ4n) is 4.61. The van der Waals surface area contributed by atoms with Crippen LogP contribution in [0.1, 0.15) is 22.3 Å². The van der Waals surface area contributed by atoms with Crippen LogP contribution in [0.25, 0.3) is 22.3 Å². The molecule has 6 rings (SSSR count). The Morgan fingerprint density at radius 1 is 0.438 bits per heavy atom. The number of hydrogen-bond acceptors (Lipinski definition) is 4. The van der Waals surface area contributed by atoms with Crippen molar-refractivity contribution >= 4 is 11.4 Å². The molecule has 154 valence electrons. The van der Waals surface area contributed by atoms with Crippen molar-refractivity contribution in [1.29, 1.82) is 0 Å². The first-order chi connectivity index (χ1) is 15.8. The summed E-state index contributed by atoms with van der Waals surface area (Å²) < 4.78 is 10.9. The van der Waals surface area contributed by atoms with Gasteiger partial charge in [0, 0.05) is 22.3 Å². The summed E-state index contributed by atoms with van der Waals surface area (Å²) in [4.78, 5) is 0. The summed E-state index contributed by atoms with van der Waals surface area (Å²) in [6.45, 7) is 0. The van der Waals surface area contributed by atoms with Crippen molar-refractivity contribution in [2.75, 3.05) is 14.2 Å². The first-order valence-corrected chi connectivity index (χ1v) is 10.5. The number of hydrogen-bond donors (Lipinski definition) is 0. The Morgan fingerprint density at radius 3 is 1.22 bits per heavy atom. The average molecular weight is 416 g/mol. The summed E-state index contributed by atoms with van der Waals surface area (Å²) in [5, 5.41) is 9.63. The fourth-order valence-corrected chi connectivity index (χ4v) is 4.61. The van der Waals surface area contributed by atoms with Crippen molar-refractivity contribution in [3.8, 4) is 33.8 Å². The minimum Gasteiger partial charge on any atom is -0.497 e. The topological polar surface area (TPSA) is 43.2 Å². The molecule has 0 spiro atoms. The minimum atomic E-state index is 0.832. The summed E-state index contributed by atoms with van der Waals surface area (Å²) >= 11 is 0. The Bertz CT molecular complexity index is 1340. The molecule has 32 heavy (non-hydrogen) atoms. The SMILES string of the molecule is COc1ccc2c(c1)-c1ccccc1C2=NN=C1c2ccccc2-c2cc(OC)ccc21. The summed E-state index contributed by atoms with van der Waals surface area (Å²) in [6.07, 6.45) is 0. The zero-order valence-corrected chi connectivity index (χ0v) is 17.8. The Morgan fingerprint density at radius 2 is 0.812 bits per heavy atom. The highest BCUT2D eigenvalue weighted by molar-refractivity contribution is 6.27. The molecule has 0 radical (unpaired) electrons. The molecule has 0 saturated heterocycles. The Balaban J connectivity index is 1.55. The molecule has 0 fully saturated rings. The van der Waals surface area contributed by atoms with Crippen molar-refractivity contribution in [1.82, 2.24) is 0 Å². The van der Waals surface area contributed by atoms with E-state index in [0.29, 0.717) is 0 Å². The van der Waals surface area contributed by atoms with Crippen LogP contribution in [0.2, 0.25) is 0 Å². The Labute approximate surface area is 186 Å². The van der Waals surface area contributed by atoms with Crippen molar-refractivity contribution < 1.29 is 9.47 Å². The van der Waals surface area contributed by atoms with E-state index in [1.165, 1.54) is 0 Å². The molecule has 0 unspecified atom stereocenters. The summed E-state index contributed by atoms with van der Waals surface area (Å²) in [6, 6.07) is 28.8. The third-order valence-electron chi connectivity index (χ3n) is 6.16. The molecule has 4 nitrogen and oxygen atoms in total. The molecule has 4 heteroatoms. The lowest BCUT2D eigenvalue weighted by Gasteiger charge is -2.04. The third-order valence-corrected chi connectivity index (χ3v) is 6.16. The number of methoxy groups -OCH3 is 2. The van der Waals surface area contributed by atoms with Gasteiger partial charge in [0.1, 0.15) is 22.9 Å². The number of nitrogens with zero attached hydrogens (tertiary/aromatic N) is 2. The minimum absolute atomic E-state index is 0.832. The molecule has 0 aromatic heterocycles. The standard InChI is InChI=1S/C28H20N2O2/c1-31-17-11-13-23-25(15-17)19-7-3-5-9-21(19)27(23)29-30-28-22-10-6-4-8-20(22)26-16-18(32-2)12-14-24(26)28/h3-16H,1-2H3. The smallest absolute Gasteiger partial charge is 0.119 e. The maximum Gasteiger partial charge on any atom is 0.119 e. The lowest BCUT2D eigenvalue weighted by atomic mass is 10.1. The van der Waals surface area contributed by atoms with Gasteiger partial charge in [0.15, 0.2) is 0 Å². The first-order valence-electron chi connectivity index (χ1n) is 10.5. The summed E-state index contributed by atoms with van der Waals surface area (Å²) in [5.41, 5.74) is 10.6. The maximum absolute atomic E-state index is 5.45. The predicted molar refractivity (Wildman–Crippen MR) is 128 cm³/mol. The van der Waals surface area contributed by atoms with E-state index in [1.807, 2.05) is 36.4 Å². The van der Waals surface area contributed by atoms with Crippen LogP contribution in [-0.2, 0) is 0 Å². The van der Waals surface area contributed by atoms with Gasteiger partial charge < -0.3 is 9.47 Å². The van der Waals surface area contributed by atoms with Crippen molar-refractivity contribution in [2.45, 2.75) is 0 Å². The molecular weight excluding hydrogens is 396 g/mol. The second-order valence-electron chi connectivity index (χ2n) is 7.81. The molecule has 0 aliphatic heterocycles. The second-order valence-corrected chi connectivity index (χ2v) is 7.81. The van der Waals surface area contributed by atoms with E-state index in [2.05, 4.69) is 48.5 Å². The molecule has 0 N–H and O–H groups in total. The third kappa shape index (κ3) is 2.70. The van der Waals surface area contributed by atoms with Gasteiger partial charge in [-0.05, 0) is 58.7 Å². The lowest BCUT2D eigenvalue weighted by molar-refractivity contribution is 0.415. The monoisotopic (exact) mass is 416 g/mol. The van der Waals surface area contributed by atoms with Gasteiger partial charge in [-0.1, -0.05) is 48.5 Å². The normalized spacial score (nSPS) is 15.3. The van der Waals surface area contributed by atoms with Gasteiger partial charge >= 0.3 is 0 Å². The van der Waals surface area contributed by atoms with E-state index in [9.17, 15) is 0 Å². The molecule has 0 saturated carbocycles. The Kier molecular flexibility index (Phi) is 4.18. The largest absolute Gasteiger partial charge is 0.497 e. The van der Waals surface area contributed by atoms with E-state index in [-0.39, 0.29) is 0 Å². The fraction of sp³-hybridized carbons (Fsp3) is 0.0714. The van der Waals surface area contributed by atoms with Gasteiger partial charge in [0.25, 0.3) is 0 Å². The summed E-state index contributed by atoms with van der Waals surface area (Å²) in [7, 11) is 3.38. The van der Waals surface area contributed by atoms with E-state index < -0.39 is 0 Å². The summed E-state index contributed by atoms with van der Waals surface area (Å²) in [5.74, 6) is 1.66. The lowest BCUT2D eigenvalue weighted by Crippen LogP contribution is -2.01.